The summed E-state index contributed by atoms with van der Waals surface area (Å²) in [6.45, 7) is 0.854. The van der Waals surface area contributed by atoms with Crippen LogP contribution in [0.4, 0.5) is 0 Å². The first-order valence-electron chi connectivity index (χ1n) is 3.70. The highest BCUT2D eigenvalue weighted by atomic mass is 31.2. The quantitative estimate of drug-likeness (QED) is 0.506. The molecule has 8 heteroatoms. The van der Waals surface area contributed by atoms with Crippen molar-refractivity contribution in [2.24, 2.45) is 0 Å². The minimum Gasteiger partial charge on any atom is -0.412 e. The van der Waals surface area contributed by atoms with Gasteiger partial charge in [0.2, 0.25) is 0 Å². The lowest BCUT2D eigenvalue weighted by molar-refractivity contribution is 0.115. The van der Waals surface area contributed by atoms with Crippen molar-refractivity contribution in [1.29, 1.82) is 5.26 Å². The fraction of sp³-hybridized carbons (Fsp3) is 0.833. The first-order valence-corrected chi connectivity index (χ1v) is 5.27. The Morgan fingerprint density at radius 3 is 2.29 bits per heavy atom. The topological polar surface area (TPSA) is 142 Å². The van der Waals surface area contributed by atoms with Crippen molar-refractivity contribution in [3.8, 4) is 6.07 Å². The van der Waals surface area contributed by atoms with Crippen molar-refractivity contribution in [3.63, 3.8) is 0 Å². The third kappa shape index (κ3) is 14.1. The van der Waals surface area contributed by atoms with Crippen molar-refractivity contribution in [1.82, 2.24) is 0 Å². The van der Waals surface area contributed by atoms with Crippen molar-refractivity contribution >= 4 is 7.82 Å². The molecule has 0 aliphatic carbocycles. The van der Waals surface area contributed by atoms with E-state index in [0.717, 1.165) is 19.4 Å². The molecule has 1 aliphatic rings. The third-order valence-corrected chi connectivity index (χ3v) is 1.34. The molecule has 0 aromatic carbocycles. The van der Waals surface area contributed by atoms with E-state index in [9.17, 15) is 0 Å². The lowest BCUT2D eigenvalue weighted by atomic mass is 10.2. The zero-order valence-electron chi connectivity index (χ0n) is 7.46. The van der Waals surface area contributed by atoms with Crippen LogP contribution in [0.15, 0.2) is 0 Å². The van der Waals surface area contributed by atoms with Crippen LogP contribution < -0.4 is 0 Å². The van der Waals surface area contributed by atoms with Crippen LogP contribution in [-0.4, -0.2) is 32.9 Å². The molecule has 5 N–H and O–H groups in total. The van der Waals surface area contributed by atoms with E-state index >= 15 is 0 Å². The first-order chi connectivity index (χ1) is 5.93. The Kier molecular flexibility index (Phi) is 8.99. The molecule has 1 fully saturated rings. The highest BCUT2D eigenvalue weighted by Gasteiger charge is 2.13. The van der Waals surface area contributed by atoms with Crippen LogP contribution in [0.1, 0.15) is 19.3 Å². The van der Waals surface area contributed by atoms with E-state index in [1.807, 2.05) is 0 Å². The summed E-state index contributed by atoms with van der Waals surface area (Å²) in [5, 5.41) is 8.20. The van der Waals surface area contributed by atoms with E-state index < -0.39 is 7.82 Å². The second kappa shape index (κ2) is 7.88. The molecule has 14 heavy (non-hydrogen) atoms. The normalized spacial score (nSPS) is 20.0. The van der Waals surface area contributed by atoms with Gasteiger partial charge >= 0.3 is 7.82 Å². The van der Waals surface area contributed by atoms with Gasteiger partial charge in [-0.3, -0.25) is 0 Å². The summed E-state index contributed by atoms with van der Waals surface area (Å²) in [4.78, 5) is 21.6. The SMILES string of the molecule is N#CCC1CCCO1.O.O=P(O)(O)O. The molecule has 0 aromatic rings. The van der Waals surface area contributed by atoms with E-state index in [4.69, 9.17) is 29.2 Å². The van der Waals surface area contributed by atoms with Crippen LogP contribution in [0.3, 0.4) is 0 Å². The Labute approximate surface area is 81.5 Å². The zero-order valence-corrected chi connectivity index (χ0v) is 8.35. The molecule has 1 unspecified atom stereocenters. The van der Waals surface area contributed by atoms with Gasteiger partial charge in [0.25, 0.3) is 0 Å². The maximum Gasteiger partial charge on any atom is 0.466 e. The minimum atomic E-state index is -4.64. The Balaban J connectivity index is 0. The van der Waals surface area contributed by atoms with E-state index in [0.29, 0.717) is 6.42 Å². The zero-order chi connectivity index (χ0) is 10.3. The van der Waals surface area contributed by atoms with Crippen molar-refractivity contribution in [3.05, 3.63) is 0 Å². The highest BCUT2D eigenvalue weighted by Crippen LogP contribution is 2.25. The van der Waals surface area contributed by atoms with Crippen LogP contribution >= 0.6 is 7.82 Å². The number of nitrogens with zero attached hydrogens (tertiary/aromatic N) is 1. The van der Waals surface area contributed by atoms with E-state index in [1.165, 1.54) is 0 Å². The number of hydrogen-bond donors (Lipinski definition) is 3. The molecule has 1 atom stereocenters. The van der Waals surface area contributed by atoms with Crippen LogP contribution in [-0.2, 0) is 9.30 Å². The molecular weight excluding hydrogens is 213 g/mol. The number of phosphoric acid groups is 1. The van der Waals surface area contributed by atoms with Gasteiger partial charge in [-0.1, -0.05) is 0 Å². The number of hydrogen-bond acceptors (Lipinski definition) is 3. The Bertz CT molecular complexity index is 207. The summed E-state index contributed by atoms with van der Waals surface area (Å²) in [5.41, 5.74) is 0. The fourth-order valence-electron chi connectivity index (χ4n) is 0.907. The van der Waals surface area contributed by atoms with Crippen molar-refractivity contribution < 1.29 is 29.5 Å². The van der Waals surface area contributed by atoms with Gasteiger partial charge in [0.15, 0.2) is 0 Å². The standard InChI is InChI=1S/C6H9NO.H3O4P.H2O/c7-4-3-6-2-1-5-8-6;1-5(2,3)4;/h6H,1-3,5H2;(H3,1,2,3,4);1H2. The first kappa shape index (κ1) is 16.0. The maximum atomic E-state index is 8.88. The molecule has 1 rings (SSSR count). The van der Waals surface area contributed by atoms with E-state index in [1.54, 1.807) is 0 Å². The maximum absolute atomic E-state index is 8.88. The molecule has 7 nitrogen and oxygen atoms in total. The second-order valence-electron chi connectivity index (χ2n) is 2.51. The van der Waals surface area contributed by atoms with Crippen LogP contribution in [0, 0.1) is 11.3 Å². The predicted molar refractivity (Wildman–Crippen MR) is 47.1 cm³/mol. The van der Waals surface area contributed by atoms with Gasteiger partial charge < -0.3 is 24.9 Å². The molecule has 0 spiro atoms. The smallest absolute Gasteiger partial charge is 0.412 e. The molecule has 0 amide bonds. The van der Waals surface area contributed by atoms with E-state index in [-0.39, 0.29) is 11.6 Å². The molecule has 84 valence electrons. The minimum absolute atomic E-state index is 0. The van der Waals surface area contributed by atoms with Crippen molar-refractivity contribution in [2.75, 3.05) is 6.61 Å². The van der Waals surface area contributed by atoms with Gasteiger partial charge in [-0.25, -0.2) is 4.57 Å². The van der Waals surface area contributed by atoms with Gasteiger partial charge in [0, 0.05) is 6.61 Å². The lowest BCUT2D eigenvalue weighted by Gasteiger charge is -1.99. The van der Waals surface area contributed by atoms with E-state index in [2.05, 4.69) is 6.07 Å². The summed E-state index contributed by atoms with van der Waals surface area (Å²) in [6.07, 6.45) is 3.03. The third-order valence-electron chi connectivity index (χ3n) is 1.34. The molecule has 1 heterocycles. The number of ether oxygens (including phenoxy) is 1. The molecule has 0 bridgehead atoms. The Morgan fingerprint density at radius 1 is 1.50 bits per heavy atom. The van der Waals surface area contributed by atoms with Gasteiger partial charge in [0.05, 0.1) is 18.6 Å². The summed E-state index contributed by atoms with van der Waals surface area (Å²) < 4.78 is 14.1. The van der Waals surface area contributed by atoms with Crippen molar-refractivity contribution in [2.45, 2.75) is 25.4 Å². The molecule has 0 aromatic heterocycles. The van der Waals surface area contributed by atoms with Gasteiger partial charge in [-0.2, -0.15) is 5.26 Å². The monoisotopic (exact) mass is 227 g/mol. The van der Waals surface area contributed by atoms with Crippen LogP contribution in [0.2, 0.25) is 0 Å². The predicted octanol–water partition coefficient (Wildman–Crippen LogP) is -0.674. The Hall–Kier alpha value is -0.480. The summed E-state index contributed by atoms with van der Waals surface area (Å²) >= 11 is 0. The molecule has 0 radical (unpaired) electrons. The summed E-state index contributed by atoms with van der Waals surface area (Å²) in [7, 11) is -4.64. The van der Waals surface area contributed by atoms with Crippen LogP contribution in [0.25, 0.3) is 0 Å². The van der Waals surface area contributed by atoms with Crippen LogP contribution in [0.5, 0.6) is 0 Å². The average molecular weight is 227 g/mol. The lowest BCUT2D eigenvalue weighted by Crippen LogP contribution is -2.01. The largest absolute Gasteiger partial charge is 0.466 e. The molecule has 1 aliphatic heterocycles. The van der Waals surface area contributed by atoms with Gasteiger partial charge in [-0.15, -0.1) is 0 Å². The fourth-order valence-corrected chi connectivity index (χ4v) is 0.907. The summed E-state index contributed by atoms with van der Waals surface area (Å²) in [6, 6.07) is 2.08. The number of nitriles is 1. The molecular formula is C6H14NO6P. The summed E-state index contributed by atoms with van der Waals surface area (Å²) in [5.74, 6) is 0. The molecule has 1 saturated heterocycles. The number of rotatable bonds is 1. The second-order valence-corrected chi connectivity index (χ2v) is 3.54. The van der Waals surface area contributed by atoms with Gasteiger partial charge in [0.1, 0.15) is 0 Å². The highest BCUT2D eigenvalue weighted by molar-refractivity contribution is 7.45. The molecule has 0 saturated carbocycles. The van der Waals surface area contributed by atoms with Gasteiger partial charge in [-0.05, 0) is 12.8 Å². The Morgan fingerprint density at radius 2 is 2.00 bits per heavy atom. The average Bonchev–Trinajstić information content (AvgIpc) is 2.36.